The number of halogens is 1. The standard InChI is InChI=1S/C11H11ClN4O2/c1-6(11-15-7(2)16-18-11)14-10(17)8-3-4-13-5-9(8)12/h3-6H,1-2H3,(H,14,17)/t6-/m0/s1. The van der Waals surface area contributed by atoms with Crippen LogP contribution in [0.15, 0.2) is 23.0 Å². The van der Waals surface area contributed by atoms with Crippen LogP contribution in [0.25, 0.3) is 0 Å². The van der Waals surface area contributed by atoms with Crippen LogP contribution in [-0.2, 0) is 0 Å². The van der Waals surface area contributed by atoms with Gasteiger partial charge in [-0.1, -0.05) is 16.8 Å². The summed E-state index contributed by atoms with van der Waals surface area (Å²) in [5.41, 5.74) is 0.356. The Morgan fingerprint density at radius 2 is 2.33 bits per heavy atom. The topological polar surface area (TPSA) is 80.9 Å². The first-order valence-electron chi connectivity index (χ1n) is 5.28. The Hall–Kier alpha value is -1.95. The summed E-state index contributed by atoms with van der Waals surface area (Å²) < 4.78 is 4.97. The fraction of sp³-hybridized carbons (Fsp3) is 0.273. The highest BCUT2D eigenvalue weighted by Gasteiger charge is 2.17. The van der Waals surface area contributed by atoms with Crippen LogP contribution >= 0.6 is 11.6 Å². The van der Waals surface area contributed by atoms with Crippen molar-refractivity contribution in [1.82, 2.24) is 20.4 Å². The van der Waals surface area contributed by atoms with Gasteiger partial charge in [-0.25, -0.2) is 0 Å². The van der Waals surface area contributed by atoms with Crippen LogP contribution < -0.4 is 5.32 Å². The maximum Gasteiger partial charge on any atom is 0.253 e. The highest BCUT2D eigenvalue weighted by Crippen LogP contribution is 2.15. The van der Waals surface area contributed by atoms with E-state index in [0.717, 1.165) is 0 Å². The second-order valence-corrected chi connectivity index (χ2v) is 4.14. The molecule has 0 aliphatic heterocycles. The van der Waals surface area contributed by atoms with E-state index < -0.39 is 0 Å². The number of nitrogens with one attached hydrogen (secondary N) is 1. The van der Waals surface area contributed by atoms with Crippen LogP contribution in [-0.4, -0.2) is 21.0 Å². The van der Waals surface area contributed by atoms with E-state index in [1.807, 2.05) is 0 Å². The van der Waals surface area contributed by atoms with Crippen LogP contribution in [0.1, 0.15) is 35.0 Å². The van der Waals surface area contributed by atoms with Gasteiger partial charge in [0, 0.05) is 12.4 Å². The summed E-state index contributed by atoms with van der Waals surface area (Å²) in [7, 11) is 0. The fourth-order valence-corrected chi connectivity index (χ4v) is 1.59. The molecule has 0 unspecified atom stereocenters. The van der Waals surface area contributed by atoms with Crippen LogP contribution in [0, 0.1) is 6.92 Å². The number of carbonyl (C=O) groups is 1. The third-order valence-corrected chi connectivity index (χ3v) is 2.58. The van der Waals surface area contributed by atoms with Gasteiger partial charge in [0.2, 0.25) is 5.89 Å². The van der Waals surface area contributed by atoms with Gasteiger partial charge in [-0.15, -0.1) is 0 Å². The summed E-state index contributed by atoms with van der Waals surface area (Å²) >= 11 is 5.88. The number of aromatic nitrogens is 3. The molecule has 18 heavy (non-hydrogen) atoms. The molecule has 6 nitrogen and oxygen atoms in total. The average molecular weight is 267 g/mol. The minimum atomic E-state index is -0.386. The van der Waals surface area contributed by atoms with Crippen molar-refractivity contribution < 1.29 is 9.32 Å². The zero-order valence-electron chi connectivity index (χ0n) is 9.85. The molecule has 0 aliphatic carbocycles. The molecule has 0 radical (unpaired) electrons. The quantitative estimate of drug-likeness (QED) is 0.918. The van der Waals surface area contributed by atoms with Gasteiger partial charge < -0.3 is 9.84 Å². The first kappa shape index (κ1) is 12.5. The zero-order chi connectivity index (χ0) is 13.1. The van der Waals surface area contributed by atoms with E-state index in [1.165, 1.54) is 12.4 Å². The maximum atomic E-state index is 11.9. The van der Waals surface area contributed by atoms with E-state index in [-0.39, 0.29) is 11.9 Å². The lowest BCUT2D eigenvalue weighted by atomic mass is 10.2. The molecular formula is C11H11ClN4O2. The smallest absolute Gasteiger partial charge is 0.253 e. The van der Waals surface area contributed by atoms with Crippen molar-refractivity contribution >= 4 is 17.5 Å². The summed E-state index contributed by atoms with van der Waals surface area (Å²) in [4.78, 5) is 19.8. The average Bonchev–Trinajstić information content (AvgIpc) is 2.76. The molecule has 0 aromatic carbocycles. The fourth-order valence-electron chi connectivity index (χ4n) is 1.38. The van der Waals surface area contributed by atoms with Gasteiger partial charge in [-0.05, 0) is 19.9 Å². The summed E-state index contributed by atoms with van der Waals surface area (Å²) in [6.45, 7) is 3.46. The molecule has 0 fully saturated rings. The molecule has 1 atom stereocenters. The zero-order valence-corrected chi connectivity index (χ0v) is 10.6. The molecule has 0 saturated heterocycles. The number of rotatable bonds is 3. The molecule has 1 N–H and O–H groups in total. The second-order valence-electron chi connectivity index (χ2n) is 3.73. The molecule has 2 aromatic heterocycles. The summed E-state index contributed by atoms with van der Waals surface area (Å²) in [6.07, 6.45) is 2.92. The monoisotopic (exact) mass is 266 g/mol. The number of aryl methyl sites for hydroxylation is 1. The Labute approximate surface area is 108 Å². The minimum Gasteiger partial charge on any atom is -0.340 e. The number of pyridine rings is 1. The van der Waals surface area contributed by atoms with Crippen molar-refractivity contribution in [2.45, 2.75) is 19.9 Å². The number of hydrogen-bond acceptors (Lipinski definition) is 5. The van der Waals surface area contributed by atoms with Gasteiger partial charge in [0.25, 0.3) is 5.91 Å². The Morgan fingerprint density at radius 1 is 1.56 bits per heavy atom. The maximum absolute atomic E-state index is 11.9. The van der Waals surface area contributed by atoms with E-state index in [4.69, 9.17) is 16.1 Å². The van der Waals surface area contributed by atoms with E-state index >= 15 is 0 Å². The van der Waals surface area contributed by atoms with Crippen LogP contribution in [0.5, 0.6) is 0 Å². The first-order chi connectivity index (χ1) is 8.58. The highest BCUT2D eigenvalue weighted by molar-refractivity contribution is 6.33. The van der Waals surface area contributed by atoms with Gasteiger partial charge in [-0.2, -0.15) is 4.98 Å². The Balaban J connectivity index is 2.10. The molecule has 7 heteroatoms. The van der Waals surface area contributed by atoms with Crippen LogP contribution in [0.3, 0.4) is 0 Å². The first-order valence-corrected chi connectivity index (χ1v) is 5.66. The molecule has 2 heterocycles. The molecule has 0 saturated carbocycles. The predicted octanol–water partition coefficient (Wildman–Crippen LogP) is 1.92. The van der Waals surface area contributed by atoms with Crippen molar-refractivity contribution in [2.24, 2.45) is 0 Å². The molecule has 2 aromatic rings. The molecule has 2 rings (SSSR count). The van der Waals surface area contributed by atoms with Crippen LogP contribution in [0.4, 0.5) is 0 Å². The Morgan fingerprint density at radius 3 is 2.94 bits per heavy atom. The Kier molecular flexibility index (Phi) is 3.57. The lowest BCUT2D eigenvalue weighted by Gasteiger charge is -2.10. The third-order valence-electron chi connectivity index (χ3n) is 2.28. The highest BCUT2D eigenvalue weighted by atomic mass is 35.5. The molecule has 0 aliphatic rings. The number of carbonyl (C=O) groups excluding carboxylic acids is 1. The van der Waals surface area contributed by atoms with Gasteiger partial charge in [0.1, 0.15) is 6.04 Å². The molecule has 0 spiro atoms. The van der Waals surface area contributed by atoms with Gasteiger partial charge in [0.15, 0.2) is 5.82 Å². The summed E-state index contributed by atoms with van der Waals surface area (Å²) in [6, 6.07) is 1.16. The molecule has 0 bridgehead atoms. The van der Waals surface area contributed by atoms with E-state index in [9.17, 15) is 4.79 Å². The van der Waals surface area contributed by atoms with Gasteiger partial charge in [-0.3, -0.25) is 9.78 Å². The third kappa shape index (κ3) is 2.65. The second kappa shape index (κ2) is 5.14. The van der Waals surface area contributed by atoms with E-state index in [0.29, 0.717) is 22.3 Å². The lowest BCUT2D eigenvalue weighted by molar-refractivity contribution is 0.0932. The van der Waals surface area contributed by atoms with E-state index in [1.54, 1.807) is 19.9 Å². The molecule has 94 valence electrons. The number of nitrogens with zero attached hydrogens (tertiary/aromatic N) is 3. The molecule has 1 amide bonds. The minimum absolute atomic E-state index is 0.295. The lowest BCUT2D eigenvalue weighted by Crippen LogP contribution is -2.27. The normalized spacial score (nSPS) is 12.2. The summed E-state index contributed by atoms with van der Waals surface area (Å²) in [5, 5.41) is 6.68. The van der Waals surface area contributed by atoms with Gasteiger partial charge >= 0.3 is 0 Å². The van der Waals surface area contributed by atoms with Crippen molar-refractivity contribution in [1.29, 1.82) is 0 Å². The SMILES string of the molecule is Cc1noc([C@H](C)NC(=O)c2ccncc2Cl)n1. The largest absolute Gasteiger partial charge is 0.340 e. The Bertz CT molecular complexity index is 570. The predicted molar refractivity (Wildman–Crippen MR) is 64.2 cm³/mol. The van der Waals surface area contributed by atoms with Crippen molar-refractivity contribution in [3.05, 3.63) is 40.8 Å². The van der Waals surface area contributed by atoms with Crippen molar-refractivity contribution in [3.8, 4) is 0 Å². The number of hydrogen-bond donors (Lipinski definition) is 1. The van der Waals surface area contributed by atoms with E-state index in [2.05, 4.69) is 20.4 Å². The van der Waals surface area contributed by atoms with Crippen LogP contribution in [0.2, 0.25) is 5.02 Å². The van der Waals surface area contributed by atoms with Crippen molar-refractivity contribution in [2.75, 3.05) is 0 Å². The summed E-state index contributed by atoms with van der Waals surface area (Å²) in [5.74, 6) is 0.560. The van der Waals surface area contributed by atoms with Crippen molar-refractivity contribution in [3.63, 3.8) is 0 Å². The molecular weight excluding hydrogens is 256 g/mol. The van der Waals surface area contributed by atoms with Gasteiger partial charge in [0.05, 0.1) is 10.6 Å². The number of amides is 1.